The summed E-state index contributed by atoms with van der Waals surface area (Å²) in [7, 11) is -1.59. The highest BCUT2D eigenvalue weighted by molar-refractivity contribution is 7.88. The lowest BCUT2D eigenvalue weighted by Gasteiger charge is -2.33. The topological polar surface area (TPSA) is 84.9 Å². The molecule has 0 aromatic heterocycles. The Morgan fingerprint density at radius 1 is 1.21 bits per heavy atom. The van der Waals surface area contributed by atoms with Crippen LogP contribution in [0, 0.1) is 0 Å². The molecule has 29 heavy (non-hydrogen) atoms. The normalized spacial score (nSPS) is 26.5. The van der Waals surface area contributed by atoms with Crippen LogP contribution in [0.1, 0.15) is 43.6 Å². The molecule has 3 aliphatic rings. The molecule has 1 amide bonds. The van der Waals surface area contributed by atoms with E-state index in [4.69, 9.17) is 21.1 Å². The summed E-state index contributed by atoms with van der Waals surface area (Å²) in [6.45, 7) is 0.592. The number of carbonyl (C=O) groups is 1. The van der Waals surface area contributed by atoms with Gasteiger partial charge in [-0.25, -0.2) is 13.1 Å². The van der Waals surface area contributed by atoms with Crippen LogP contribution in [0.15, 0.2) is 18.2 Å². The molecule has 1 aromatic rings. The van der Waals surface area contributed by atoms with Crippen LogP contribution in [0.5, 0.6) is 5.75 Å². The summed E-state index contributed by atoms with van der Waals surface area (Å²) < 4.78 is 37.6. The Labute approximate surface area is 177 Å². The van der Waals surface area contributed by atoms with Gasteiger partial charge in [0.1, 0.15) is 5.75 Å². The van der Waals surface area contributed by atoms with Gasteiger partial charge in [-0.2, -0.15) is 0 Å². The van der Waals surface area contributed by atoms with Crippen LogP contribution in [-0.4, -0.2) is 64.4 Å². The van der Waals surface area contributed by atoms with Crippen LogP contribution < -0.4 is 9.46 Å². The third-order valence-electron chi connectivity index (χ3n) is 5.62. The summed E-state index contributed by atoms with van der Waals surface area (Å²) in [4.78, 5) is 14.1. The fourth-order valence-electron chi connectivity index (χ4n) is 3.97. The maximum Gasteiger partial charge on any atom is 0.260 e. The van der Waals surface area contributed by atoms with E-state index in [-0.39, 0.29) is 37.2 Å². The van der Waals surface area contributed by atoms with Gasteiger partial charge in [-0.15, -0.1) is 0 Å². The molecule has 0 radical (unpaired) electrons. The third-order valence-corrected chi connectivity index (χ3v) is 6.64. The van der Waals surface area contributed by atoms with Crippen molar-refractivity contribution < 1.29 is 22.7 Å². The molecule has 1 aromatic carbocycles. The minimum Gasteiger partial charge on any atom is -0.483 e. The van der Waals surface area contributed by atoms with Crippen LogP contribution in [0.4, 0.5) is 0 Å². The zero-order valence-corrected chi connectivity index (χ0v) is 18.5. The molecule has 162 valence electrons. The van der Waals surface area contributed by atoms with Gasteiger partial charge in [0.05, 0.1) is 18.5 Å². The molecule has 0 saturated heterocycles. The summed E-state index contributed by atoms with van der Waals surface area (Å²) in [6, 6.07) is 5.57. The van der Waals surface area contributed by atoms with Gasteiger partial charge in [-0.05, 0) is 50.2 Å². The summed E-state index contributed by atoms with van der Waals surface area (Å²) in [5.41, 5.74) is 0.968. The Morgan fingerprint density at radius 2 is 1.93 bits per heavy atom. The van der Waals surface area contributed by atoms with E-state index < -0.39 is 10.0 Å². The molecular weight excluding hydrogens is 416 g/mol. The van der Waals surface area contributed by atoms with E-state index in [1.165, 1.54) is 0 Å². The molecule has 0 spiro atoms. The number of hydrogen-bond donors (Lipinski definition) is 1. The van der Waals surface area contributed by atoms with E-state index in [9.17, 15) is 13.2 Å². The maximum absolute atomic E-state index is 12.5. The second kappa shape index (κ2) is 9.64. The number of hydrogen-bond acceptors (Lipinski definition) is 5. The van der Waals surface area contributed by atoms with Crippen molar-refractivity contribution in [1.29, 1.82) is 0 Å². The lowest BCUT2D eigenvalue weighted by molar-refractivity contribution is -0.132. The number of nitrogens with one attached hydrogen (secondary N) is 1. The predicted octanol–water partition coefficient (Wildman–Crippen LogP) is 2.54. The fraction of sp³-hybridized carbons (Fsp3) is 0.650. The van der Waals surface area contributed by atoms with Gasteiger partial charge >= 0.3 is 0 Å². The molecule has 4 rings (SSSR count). The van der Waals surface area contributed by atoms with Gasteiger partial charge < -0.3 is 14.4 Å². The van der Waals surface area contributed by atoms with E-state index in [0.29, 0.717) is 23.7 Å². The third kappa shape index (κ3) is 6.31. The fourth-order valence-corrected chi connectivity index (χ4v) is 4.78. The summed E-state index contributed by atoms with van der Waals surface area (Å²) in [5, 5.41) is 0.662. The smallest absolute Gasteiger partial charge is 0.260 e. The first-order valence-electron chi connectivity index (χ1n) is 9.98. The zero-order valence-electron chi connectivity index (χ0n) is 16.9. The van der Waals surface area contributed by atoms with Crippen molar-refractivity contribution in [1.82, 2.24) is 9.62 Å². The molecule has 7 nitrogen and oxygen atoms in total. The number of carbonyl (C=O) groups excluding carboxylic acids is 1. The van der Waals surface area contributed by atoms with Crippen molar-refractivity contribution >= 4 is 27.5 Å². The molecule has 9 heteroatoms. The minimum absolute atomic E-state index is 0.0632. The van der Waals surface area contributed by atoms with Gasteiger partial charge in [0, 0.05) is 30.7 Å². The van der Waals surface area contributed by atoms with Crippen molar-refractivity contribution in [3.8, 4) is 5.75 Å². The quantitative estimate of drug-likeness (QED) is 0.774. The summed E-state index contributed by atoms with van der Waals surface area (Å²) in [6.07, 6.45) is 5.02. The average molecular weight is 445 g/mol. The summed E-state index contributed by atoms with van der Waals surface area (Å²) >= 11 is 6.48. The van der Waals surface area contributed by atoms with E-state index in [1.807, 2.05) is 18.2 Å². The Bertz CT molecular complexity index is 824. The van der Waals surface area contributed by atoms with Crippen molar-refractivity contribution in [2.24, 2.45) is 0 Å². The number of halogens is 1. The van der Waals surface area contributed by atoms with E-state index in [2.05, 4.69) is 4.72 Å². The number of rotatable bonds is 3. The molecule has 2 heterocycles. The van der Waals surface area contributed by atoms with Crippen LogP contribution in [0.3, 0.4) is 0 Å². The van der Waals surface area contributed by atoms with Crippen LogP contribution >= 0.6 is 11.6 Å². The zero-order chi connectivity index (χ0) is 21.0. The molecule has 1 fully saturated rings. The molecule has 1 aliphatic carbocycles. The number of likely N-dealkylation sites (N-methyl/N-ethyl adjacent to an activating group) is 1. The van der Waals surface area contributed by atoms with Gasteiger partial charge in [-0.3, -0.25) is 4.79 Å². The Morgan fingerprint density at radius 3 is 2.62 bits per heavy atom. The van der Waals surface area contributed by atoms with E-state index in [0.717, 1.165) is 37.5 Å². The lowest BCUT2D eigenvalue weighted by Crippen LogP contribution is -2.40. The average Bonchev–Trinajstić information content (AvgIpc) is 2.67. The molecule has 1 saturated carbocycles. The Hall–Kier alpha value is -1.35. The highest BCUT2D eigenvalue weighted by atomic mass is 35.5. The van der Waals surface area contributed by atoms with Gasteiger partial charge in [-0.1, -0.05) is 17.7 Å². The van der Waals surface area contributed by atoms with Crippen molar-refractivity contribution in [3.63, 3.8) is 0 Å². The predicted molar refractivity (Wildman–Crippen MR) is 112 cm³/mol. The first-order chi connectivity index (χ1) is 13.7. The molecule has 1 N–H and O–H groups in total. The number of fused-ring (bicyclic) bond motifs is 9. The SMILES string of the molecule is CN1CCC(CNS(C)(=O)=O)O[C@H]2CC[C@H](CC2)c2c(Cl)cccc2OCC1=O. The molecule has 2 aliphatic heterocycles. The van der Waals surface area contributed by atoms with Crippen LogP contribution in [-0.2, 0) is 19.6 Å². The highest BCUT2D eigenvalue weighted by Crippen LogP contribution is 2.42. The maximum atomic E-state index is 12.5. The number of nitrogens with zero attached hydrogens (tertiary/aromatic N) is 1. The Balaban J connectivity index is 1.80. The first kappa shape index (κ1) is 22.3. The second-order valence-electron chi connectivity index (χ2n) is 7.90. The minimum atomic E-state index is -3.31. The van der Waals surface area contributed by atoms with E-state index >= 15 is 0 Å². The highest BCUT2D eigenvalue weighted by Gasteiger charge is 2.29. The standard InChI is InChI=1S/C20H29ClN2O5S/c1-23-11-10-16(12-22-29(2,25)26)28-15-8-6-14(7-9-15)20-17(21)4-3-5-18(20)27-13-19(23)24/h3-5,14-16,22H,6-13H2,1-2H3/t14-,15+,16?. The molecule has 1 unspecified atom stereocenters. The number of ether oxygens (including phenoxy) is 2. The largest absolute Gasteiger partial charge is 0.483 e. The monoisotopic (exact) mass is 444 g/mol. The van der Waals surface area contributed by atoms with Crippen LogP contribution in [0.25, 0.3) is 0 Å². The molecular formula is C20H29ClN2O5S. The number of amides is 1. The van der Waals surface area contributed by atoms with Crippen molar-refractivity contribution in [2.45, 2.75) is 50.2 Å². The van der Waals surface area contributed by atoms with Gasteiger partial charge in [0.25, 0.3) is 5.91 Å². The number of sulfonamides is 1. The van der Waals surface area contributed by atoms with Gasteiger partial charge in [0.15, 0.2) is 6.61 Å². The van der Waals surface area contributed by atoms with Crippen molar-refractivity contribution in [3.05, 3.63) is 28.8 Å². The summed E-state index contributed by atoms with van der Waals surface area (Å²) in [5.74, 6) is 0.783. The van der Waals surface area contributed by atoms with Gasteiger partial charge in [0.2, 0.25) is 10.0 Å². The van der Waals surface area contributed by atoms with Crippen molar-refractivity contribution in [2.75, 3.05) is 33.0 Å². The second-order valence-corrected chi connectivity index (χ2v) is 10.1. The van der Waals surface area contributed by atoms with Crippen LogP contribution in [0.2, 0.25) is 5.02 Å². The number of benzene rings is 1. The molecule has 2 bridgehead atoms. The van der Waals surface area contributed by atoms with E-state index in [1.54, 1.807) is 11.9 Å². The lowest BCUT2D eigenvalue weighted by atomic mass is 9.82. The first-order valence-corrected chi connectivity index (χ1v) is 12.2. The Kier molecular flexibility index (Phi) is 7.42. The molecule has 1 atom stereocenters.